The lowest BCUT2D eigenvalue weighted by Gasteiger charge is -2.13. The molecular weight excluding hydrogens is 384 g/mol. The monoisotopic (exact) mass is 406 g/mol. The summed E-state index contributed by atoms with van der Waals surface area (Å²) in [5.74, 6) is 0.230. The Morgan fingerprint density at radius 3 is 2.36 bits per heavy atom. The predicted molar refractivity (Wildman–Crippen MR) is 107 cm³/mol. The molecule has 2 aromatic carbocycles. The van der Waals surface area contributed by atoms with Crippen LogP contribution in [0.3, 0.4) is 0 Å². The van der Waals surface area contributed by atoms with Crippen molar-refractivity contribution in [2.75, 3.05) is 26.8 Å². The predicted octanol–water partition coefficient (Wildman–Crippen LogP) is 3.00. The van der Waals surface area contributed by atoms with Crippen LogP contribution in [0.4, 0.5) is 0 Å². The Morgan fingerprint density at radius 2 is 1.75 bits per heavy atom. The molecule has 0 fully saturated rings. The maximum Gasteiger partial charge on any atom is 0.251 e. The third-order valence-corrected chi connectivity index (χ3v) is 4.09. The molecule has 0 spiro atoms. The Morgan fingerprint density at radius 1 is 1.07 bits per heavy atom. The summed E-state index contributed by atoms with van der Waals surface area (Å²) >= 11 is 6.17. The largest absolute Gasteiger partial charge is 0.508 e. The first-order valence-electron chi connectivity index (χ1n) is 8.82. The third-order valence-electron chi connectivity index (χ3n) is 3.81. The van der Waals surface area contributed by atoms with Crippen LogP contribution in [0.25, 0.3) is 0 Å². The van der Waals surface area contributed by atoms with Gasteiger partial charge in [-0.05, 0) is 43.7 Å². The highest BCUT2D eigenvalue weighted by atomic mass is 35.5. The second-order valence-corrected chi connectivity index (χ2v) is 6.25. The fraction of sp³-hybridized carbons (Fsp3) is 0.300. The number of hydrogen-bond donors (Lipinski definition) is 3. The van der Waals surface area contributed by atoms with Crippen LogP contribution in [0.5, 0.6) is 17.2 Å². The molecule has 0 radical (unpaired) electrons. The van der Waals surface area contributed by atoms with Gasteiger partial charge in [-0.1, -0.05) is 17.7 Å². The summed E-state index contributed by atoms with van der Waals surface area (Å²) in [5, 5.41) is 15.2. The SMILES string of the molecule is CCOc1c(Cl)cc(C(=O)NCCCNC(=O)c2cccc(O)c2)cc1OC. The van der Waals surface area contributed by atoms with Crippen LogP contribution in [-0.2, 0) is 0 Å². The normalized spacial score (nSPS) is 10.2. The molecule has 0 saturated carbocycles. The van der Waals surface area contributed by atoms with E-state index in [0.29, 0.717) is 53.8 Å². The topological polar surface area (TPSA) is 96.9 Å². The van der Waals surface area contributed by atoms with Crippen molar-refractivity contribution < 1.29 is 24.2 Å². The van der Waals surface area contributed by atoms with E-state index in [1.807, 2.05) is 6.92 Å². The van der Waals surface area contributed by atoms with Gasteiger partial charge < -0.3 is 25.2 Å². The highest BCUT2D eigenvalue weighted by Crippen LogP contribution is 2.36. The molecule has 0 aliphatic carbocycles. The molecule has 8 heteroatoms. The fourth-order valence-electron chi connectivity index (χ4n) is 2.48. The number of methoxy groups -OCH3 is 1. The van der Waals surface area contributed by atoms with Crippen LogP contribution in [0.15, 0.2) is 36.4 Å². The van der Waals surface area contributed by atoms with Gasteiger partial charge in [-0.2, -0.15) is 0 Å². The first-order valence-corrected chi connectivity index (χ1v) is 9.19. The number of carbonyl (C=O) groups excluding carboxylic acids is 2. The van der Waals surface area contributed by atoms with E-state index < -0.39 is 0 Å². The average Bonchev–Trinajstić information content (AvgIpc) is 2.68. The van der Waals surface area contributed by atoms with Crippen molar-refractivity contribution in [3.05, 3.63) is 52.5 Å². The van der Waals surface area contributed by atoms with Crippen LogP contribution in [0, 0.1) is 0 Å². The summed E-state index contributed by atoms with van der Waals surface area (Å²) in [6.07, 6.45) is 0.540. The summed E-state index contributed by atoms with van der Waals surface area (Å²) in [7, 11) is 1.48. The second-order valence-electron chi connectivity index (χ2n) is 5.84. The van der Waals surface area contributed by atoms with Crippen molar-refractivity contribution in [1.82, 2.24) is 10.6 Å². The van der Waals surface area contributed by atoms with Crippen molar-refractivity contribution >= 4 is 23.4 Å². The molecule has 3 N–H and O–H groups in total. The summed E-state index contributed by atoms with van der Waals surface area (Å²) in [5.41, 5.74) is 0.731. The summed E-state index contributed by atoms with van der Waals surface area (Å²) in [6.45, 7) is 3.00. The molecule has 0 aliphatic rings. The van der Waals surface area contributed by atoms with Gasteiger partial charge in [0.25, 0.3) is 11.8 Å². The molecule has 0 bridgehead atoms. The molecule has 0 aromatic heterocycles. The van der Waals surface area contributed by atoms with Crippen molar-refractivity contribution in [1.29, 1.82) is 0 Å². The van der Waals surface area contributed by atoms with Crippen LogP contribution in [0.1, 0.15) is 34.1 Å². The minimum Gasteiger partial charge on any atom is -0.508 e. The van der Waals surface area contributed by atoms with Gasteiger partial charge in [0.15, 0.2) is 11.5 Å². The minimum absolute atomic E-state index is 0.0318. The van der Waals surface area contributed by atoms with Crippen molar-refractivity contribution in [2.24, 2.45) is 0 Å². The Bertz CT molecular complexity index is 841. The maximum absolute atomic E-state index is 12.3. The van der Waals surface area contributed by atoms with Crippen molar-refractivity contribution in [3.8, 4) is 17.2 Å². The number of carbonyl (C=O) groups is 2. The molecule has 2 aromatic rings. The standard InChI is InChI=1S/C20H23ClN2O5/c1-3-28-18-16(21)11-14(12-17(18)27-2)20(26)23-9-5-8-22-19(25)13-6-4-7-15(24)10-13/h4,6-7,10-12,24H,3,5,8-9H2,1-2H3,(H,22,25)(H,23,26). The molecule has 7 nitrogen and oxygen atoms in total. The minimum atomic E-state index is -0.303. The number of amides is 2. The highest BCUT2D eigenvalue weighted by Gasteiger charge is 2.15. The lowest BCUT2D eigenvalue weighted by atomic mass is 10.2. The number of nitrogens with one attached hydrogen (secondary N) is 2. The number of aromatic hydroxyl groups is 1. The van der Waals surface area contributed by atoms with Gasteiger partial charge in [-0.25, -0.2) is 0 Å². The zero-order chi connectivity index (χ0) is 20.5. The first-order chi connectivity index (χ1) is 13.5. The molecule has 0 unspecified atom stereocenters. The Hall–Kier alpha value is -2.93. The van der Waals surface area contributed by atoms with Crippen LogP contribution < -0.4 is 20.1 Å². The number of phenolic OH excluding ortho intramolecular Hbond substituents is 1. The molecule has 150 valence electrons. The van der Waals surface area contributed by atoms with Gasteiger partial charge in [-0.15, -0.1) is 0 Å². The lowest BCUT2D eigenvalue weighted by molar-refractivity contribution is 0.0951. The van der Waals surface area contributed by atoms with Gasteiger partial charge in [-0.3, -0.25) is 9.59 Å². The average molecular weight is 407 g/mol. The van der Waals surface area contributed by atoms with Gasteiger partial charge in [0.1, 0.15) is 5.75 Å². The third kappa shape index (κ3) is 5.79. The smallest absolute Gasteiger partial charge is 0.251 e. The van der Waals surface area contributed by atoms with Gasteiger partial charge in [0.05, 0.1) is 18.7 Å². The van der Waals surface area contributed by atoms with Crippen LogP contribution >= 0.6 is 11.6 Å². The molecule has 0 atom stereocenters. The second kappa shape index (κ2) is 10.4. The molecule has 0 heterocycles. The van der Waals surface area contributed by atoms with Crippen molar-refractivity contribution in [2.45, 2.75) is 13.3 Å². The van der Waals surface area contributed by atoms with Gasteiger partial charge in [0.2, 0.25) is 0 Å². The molecule has 0 saturated heterocycles. The van der Waals surface area contributed by atoms with E-state index in [2.05, 4.69) is 10.6 Å². The summed E-state index contributed by atoms with van der Waals surface area (Å²) in [4.78, 5) is 24.3. The number of benzene rings is 2. The lowest BCUT2D eigenvalue weighted by Crippen LogP contribution is -2.29. The Kier molecular flexibility index (Phi) is 7.95. The van der Waals surface area contributed by atoms with E-state index >= 15 is 0 Å². The van der Waals surface area contributed by atoms with Crippen LogP contribution in [-0.4, -0.2) is 43.7 Å². The number of ether oxygens (including phenoxy) is 2. The summed E-state index contributed by atoms with van der Waals surface area (Å²) < 4.78 is 10.7. The molecule has 28 heavy (non-hydrogen) atoms. The molecule has 2 rings (SSSR count). The number of hydrogen-bond acceptors (Lipinski definition) is 5. The van der Waals surface area contributed by atoms with Gasteiger partial charge in [0, 0.05) is 24.2 Å². The molecule has 2 amide bonds. The van der Waals surface area contributed by atoms with E-state index in [-0.39, 0.29) is 17.6 Å². The first kappa shape index (κ1) is 21.4. The van der Waals surface area contributed by atoms with E-state index in [4.69, 9.17) is 21.1 Å². The molecular formula is C20H23ClN2O5. The number of rotatable bonds is 9. The van der Waals surface area contributed by atoms with E-state index in [1.165, 1.54) is 25.3 Å². The zero-order valence-electron chi connectivity index (χ0n) is 15.8. The van der Waals surface area contributed by atoms with E-state index in [9.17, 15) is 14.7 Å². The van der Waals surface area contributed by atoms with E-state index in [1.54, 1.807) is 18.2 Å². The maximum atomic E-state index is 12.3. The highest BCUT2D eigenvalue weighted by molar-refractivity contribution is 6.32. The zero-order valence-corrected chi connectivity index (χ0v) is 16.5. The van der Waals surface area contributed by atoms with Crippen LogP contribution in [0.2, 0.25) is 5.02 Å². The van der Waals surface area contributed by atoms with E-state index in [0.717, 1.165) is 0 Å². The molecule has 0 aliphatic heterocycles. The Labute approximate surface area is 168 Å². The summed E-state index contributed by atoms with van der Waals surface area (Å²) in [6, 6.07) is 9.18. The number of halogens is 1. The Balaban J connectivity index is 1.82. The fourth-order valence-corrected chi connectivity index (χ4v) is 2.74. The van der Waals surface area contributed by atoms with Crippen molar-refractivity contribution in [3.63, 3.8) is 0 Å². The quantitative estimate of drug-likeness (QED) is 0.556. The number of phenols is 1. The van der Waals surface area contributed by atoms with Gasteiger partial charge >= 0.3 is 0 Å².